The molecule has 0 rings (SSSR count). The molecule has 0 aliphatic heterocycles. The van der Waals surface area contributed by atoms with Crippen LogP contribution in [0, 0.1) is 0 Å². The van der Waals surface area contributed by atoms with Crippen LogP contribution in [-0.2, 0) is 0 Å². The average molecular weight is 251 g/mol. The molecular weight excluding hydrogens is 241 g/mol. The van der Waals surface area contributed by atoms with E-state index >= 15 is 0 Å². The van der Waals surface area contributed by atoms with E-state index in [1.807, 2.05) is 0 Å². The molecule has 0 spiro atoms. The van der Waals surface area contributed by atoms with Gasteiger partial charge in [-0.05, 0) is 0 Å². The Balaban J connectivity index is -0.000000000333. The summed E-state index contributed by atoms with van der Waals surface area (Å²) in [5.41, 5.74) is 0. The molecule has 0 aliphatic rings. The molecule has 62 valence electrons. The monoisotopic (exact) mass is 248 g/mol. The van der Waals surface area contributed by atoms with Crippen LogP contribution in [-0.4, -0.2) is 0 Å². The quantitative estimate of drug-likeness (QED) is 0.504. The minimum absolute atomic E-state index is 0. The average Bonchev–Trinajstić information content (AvgIpc) is 1.00. The Morgan fingerprint density at radius 3 is 0.375 bits per heavy atom. The Morgan fingerprint density at radius 2 is 0.375 bits per heavy atom. The Labute approximate surface area is 85.9 Å². The number of hydrogen-bond donors (Lipinski definition) is 2. The van der Waals surface area contributed by atoms with E-state index in [2.05, 4.69) is 11.7 Å². The van der Waals surface area contributed by atoms with Gasteiger partial charge >= 0.3 is 0 Å². The van der Waals surface area contributed by atoms with Gasteiger partial charge in [-0.25, -0.2) is 0 Å². The topological polar surface area (TPSA) is 52.0 Å². The van der Waals surface area contributed by atoms with Gasteiger partial charge in [0.25, 0.3) is 0 Å². The van der Waals surface area contributed by atoms with Crippen LogP contribution in [0.25, 0.3) is 0 Å². The highest BCUT2D eigenvalue weighted by Crippen LogP contribution is 0.695. The second-order valence-corrected chi connectivity index (χ2v) is 0. The van der Waals surface area contributed by atoms with E-state index < -0.39 is 0 Å². The lowest BCUT2D eigenvalue weighted by molar-refractivity contribution is 1.26. The number of rotatable bonds is 0. The summed E-state index contributed by atoms with van der Waals surface area (Å²) in [6, 6.07) is 0. The first kappa shape index (κ1) is 102. The van der Waals surface area contributed by atoms with Crippen LogP contribution < -0.4 is 11.7 Å². The van der Waals surface area contributed by atoms with Crippen LogP contribution in [0.2, 0.25) is 0 Å². The van der Waals surface area contributed by atoms with E-state index in [0.717, 1.165) is 0 Å². The van der Waals surface area contributed by atoms with Crippen LogP contribution in [0.3, 0.4) is 0 Å². The van der Waals surface area contributed by atoms with Crippen molar-refractivity contribution >= 4 is 74.4 Å². The normalized spacial score (nSPS) is 0.750. The Bertz CT molecular complexity index is 6.49. The van der Waals surface area contributed by atoms with Crippen molar-refractivity contribution in [1.29, 1.82) is 0 Å². The molecule has 0 saturated carbocycles. The Morgan fingerprint density at radius 1 is 0.375 bits per heavy atom. The SMILES string of the molecule is Cl.Cl.Cl.Cl.Cl.Cl.NN. The van der Waals surface area contributed by atoms with Crippen molar-refractivity contribution in [3.05, 3.63) is 0 Å². The summed E-state index contributed by atoms with van der Waals surface area (Å²) in [4.78, 5) is 0. The molecule has 0 fully saturated rings. The lowest BCUT2D eigenvalue weighted by Crippen LogP contribution is -2.02. The second-order valence-electron chi connectivity index (χ2n) is 0. The molecule has 4 N–H and O–H groups in total. The highest BCUT2D eigenvalue weighted by atomic mass is 35.5. The minimum Gasteiger partial charge on any atom is -0.274 e. The molecule has 0 atom stereocenters. The van der Waals surface area contributed by atoms with Gasteiger partial charge in [0.1, 0.15) is 0 Å². The summed E-state index contributed by atoms with van der Waals surface area (Å²) in [6.07, 6.45) is 0. The zero-order valence-corrected chi connectivity index (χ0v) is 8.50. The van der Waals surface area contributed by atoms with E-state index in [1.165, 1.54) is 0 Å². The van der Waals surface area contributed by atoms with Crippen molar-refractivity contribution in [2.45, 2.75) is 0 Å². The summed E-state index contributed by atoms with van der Waals surface area (Å²) in [6.45, 7) is 0. The van der Waals surface area contributed by atoms with E-state index in [9.17, 15) is 0 Å². The van der Waals surface area contributed by atoms with Crippen molar-refractivity contribution in [1.82, 2.24) is 0 Å². The number of hydrogen-bond acceptors (Lipinski definition) is 2. The first-order valence-corrected chi connectivity index (χ1v) is 0.333. The molecular formula is H10Cl6N2. The predicted molar refractivity (Wildman–Crippen MR) is 51.9 cm³/mol. The molecule has 0 aromatic rings. The van der Waals surface area contributed by atoms with E-state index in [0.29, 0.717) is 0 Å². The lowest BCUT2D eigenvalue weighted by Gasteiger charge is -1.27. The molecule has 8 heteroatoms. The van der Waals surface area contributed by atoms with Crippen molar-refractivity contribution < 1.29 is 0 Å². The third kappa shape index (κ3) is 123. The Kier molecular flexibility index (Phi) is 2360. The van der Waals surface area contributed by atoms with Gasteiger partial charge in [0, 0.05) is 0 Å². The third-order valence-corrected chi connectivity index (χ3v) is 0. The second kappa shape index (κ2) is 184. The predicted octanol–water partition coefficient (Wildman–Crippen LogP) is 1.35. The van der Waals surface area contributed by atoms with Crippen LogP contribution in [0.5, 0.6) is 0 Å². The van der Waals surface area contributed by atoms with Crippen LogP contribution in [0.1, 0.15) is 0 Å². The molecule has 0 aromatic heterocycles. The summed E-state index contributed by atoms with van der Waals surface area (Å²) in [7, 11) is 0. The fourth-order valence-corrected chi connectivity index (χ4v) is 0. The molecule has 0 saturated heterocycles. The maximum atomic E-state index is 4.00. The molecule has 0 heterocycles. The molecule has 2 nitrogen and oxygen atoms in total. The molecule has 0 aliphatic carbocycles. The van der Waals surface area contributed by atoms with Gasteiger partial charge in [-0.15, -0.1) is 74.4 Å². The maximum Gasteiger partial charge on any atom is -0.147 e. The number of nitrogens with two attached hydrogens (primary N) is 2. The van der Waals surface area contributed by atoms with Gasteiger partial charge < -0.3 is 0 Å². The molecule has 0 bridgehead atoms. The van der Waals surface area contributed by atoms with Crippen LogP contribution in [0.4, 0.5) is 0 Å². The van der Waals surface area contributed by atoms with Crippen molar-refractivity contribution in [3.8, 4) is 0 Å². The molecule has 0 radical (unpaired) electrons. The lowest BCUT2D eigenvalue weighted by atomic mass is 13.0. The van der Waals surface area contributed by atoms with Crippen LogP contribution in [0.15, 0.2) is 0 Å². The number of halogens is 6. The molecule has 0 amide bonds. The largest absolute Gasteiger partial charge is 0.274 e. The van der Waals surface area contributed by atoms with Crippen molar-refractivity contribution in [2.24, 2.45) is 11.7 Å². The summed E-state index contributed by atoms with van der Waals surface area (Å²) >= 11 is 0. The molecule has 0 aromatic carbocycles. The van der Waals surface area contributed by atoms with Gasteiger partial charge in [-0.2, -0.15) is 0 Å². The van der Waals surface area contributed by atoms with Gasteiger partial charge in [-0.3, -0.25) is 11.7 Å². The Hall–Kier alpha value is 1.66. The van der Waals surface area contributed by atoms with Crippen LogP contribution >= 0.6 is 74.4 Å². The van der Waals surface area contributed by atoms with Gasteiger partial charge in [0.15, 0.2) is 0 Å². The number of hydrazine groups is 1. The first-order chi connectivity index (χ1) is 1.00. The fourth-order valence-electron chi connectivity index (χ4n) is 0. The van der Waals surface area contributed by atoms with Crippen molar-refractivity contribution in [3.63, 3.8) is 0 Å². The van der Waals surface area contributed by atoms with Gasteiger partial charge in [-0.1, -0.05) is 0 Å². The van der Waals surface area contributed by atoms with E-state index in [1.54, 1.807) is 0 Å². The minimum atomic E-state index is 0. The maximum absolute atomic E-state index is 4.00. The van der Waals surface area contributed by atoms with E-state index in [-0.39, 0.29) is 74.4 Å². The fraction of sp³-hybridized carbons (Fsp3) is 0. The summed E-state index contributed by atoms with van der Waals surface area (Å²) in [5.74, 6) is 8.00. The van der Waals surface area contributed by atoms with E-state index in [4.69, 9.17) is 0 Å². The van der Waals surface area contributed by atoms with Gasteiger partial charge in [0.2, 0.25) is 0 Å². The molecule has 8 heavy (non-hydrogen) atoms. The summed E-state index contributed by atoms with van der Waals surface area (Å²) in [5, 5.41) is 0. The smallest absolute Gasteiger partial charge is 0.147 e. The third-order valence-electron chi connectivity index (χ3n) is 0. The zero-order chi connectivity index (χ0) is 2.00. The first-order valence-electron chi connectivity index (χ1n) is 0.333. The zero-order valence-electron chi connectivity index (χ0n) is 3.60. The summed E-state index contributed by atoms with van der Waals surface area (Å²) < 4.78 is 0. The van der Waals surface area contributed by atoms with Crippen molar-refractivity contribution in [2.75, 3.05) is 0 Å². The molecule has 0 unspecified atom stereocenters. The van der Waals surface area contributed by atoms with Gasteiger partial charge in [0.05, 0.1) is 0 Å². The standard InChI is InChI=1S/6ClH.H4N2/c;;;;;;1-2/h6*1H;1-2H2. The highest BCUT2D eigenvalue weighted by molar-refractivity contribution is 5.86. The highest BCUT2D eigenvalue weighted by Gasteiger charge is 0.726.